The number of hydroxylamine groups is 1. The average Bonchev–Trinajstić information content (AvgIpc) is 2.94. The normalized spacial score (nSPS) is 12.8. The van der Waals surface area contributed by atoms with Crippen LogP contribution in [0.15, 0.2) is 42.6 Å². The molecule has 0 aliphatic heterocycles. The van der Waals surface area contributed by atoms with Gasteiger partial charge in [0.05, 0.1) is 24.0 Å². The Morgan fingerprint density at radius 2 is 1.58 bits per heavy atom. The summed E-state index contributed by atoms with van der Waals surface area (Å²) in [7, 11) is 0. The summed E-state index contributed by atoms with van der Waals surface area (Å²) < 4.78 is 76.3. The van der Waals surface area contributed by atoms with Gasteiger partial charge in [0.2, 0.25) is 0 Å². The molecule has 1 atom stereocenters. The molecule has 0 aliphatic rings. The number of esters is 2. The molecule has 0 bridgehead atoms. The summed E-state index contributed by atoms with van der Waals surface area (Å²) in [5, 5.41) is 3.35. The maximum absolute atomic E-state index is 16.2. The van der Waals surface area contributed by atoms with Crippen LogP contribution in [0, 0.1) is 5.82 Å². The van der Waals surface area contributed by atoms with Crippen molar-refractivity contribution >= 4 is 40.3 Å². The van der Waals surface area contributed by atoms with Crippen molar-refractivity contribution in [3.8, 4) is 11.5 Å². The maximum atomic E-state index is 16.2. The van der Waals surface area contributed by atoms with Gasteiger partial charge < -0.3 is 24.3 Å². The molecule has 0 fully saturated rings. The standard InChI is InChI=1S/C33H39F4N3O8/c1-10-44-24-17-19(11-14-23(24)45-18(2)3)26(28(41)46-29(42)33(35,36)37)39-22-13-12-21-20(25(22)34)15-16-38-27(21)40(48-32(7,8)9)30(43)47-31(4,5)6/h11-18,26,39H,10H2,1-9H3. The zero-order valence-electron chi connectivity index (χ0n) is 28.1. The number of anilines is 2. The second-order valence-corrected chi connectivity index (χ2v) is 12.7. The average molecular weight is 682 g/mol. The van der Waals surface area contributed by atoms with E-state index in [1.165, 1.54) is 42.6 Å². The molecule has 0 radical (unpaired) electrons. The molecule has 11 nitrogen and oxygen atoms in total. The molecule has 0 saturated carbocycles. The van der Waals surface area contributed by atoms with Crippen LogP contribution in [0.5, 0.6) is 11.5 Å². The molecular weight excluding hydrogens is 642 g/mol. The number of fused-ring (bicyclic) bond motifs is 1. The largest absolute Gasteiger partial charge is 0.491 e. The Kier molecular flexibility index (Phi) is 11.5. The third-order valence-electron chi connectivity index (χ3n) is 5.90. The smallest absolute Gasteiger partial charge is 0.490 e. The van der Waals surface area contributed by atoms with Crippen LogP contribution in [-0.2, 0) is 23.9 Å². The molecule has 262 valence electrons. The number of halogens is 4. The summed E-state index contributed by atoms with van der Waals surface area (Å²) >= 11 is 0. The highest BCUT2D eigenvalue weighted by molar-refractivity contribution is 6.00. The highest BCUT2D eigenvalue weighted by atomic mass is 19.4. The zero-order chi connectivity index (χ0) is 36.2. The van der Waals surface area contributed by atoms with Crippen LogP contribution in [0.3, 0.4) is 0 Å². The Hall–Kier alpha value is -4.66. The monoisotopic (exact) mass is 681 g/mol. The number of rotatable bonds is 10. The molecule has 2 aromatic carbocycles. The van der Waals surface area contributed by atoms with Crippen LogP contribution in [-0.4, -0.2) is 53.1 Å². The second kappa shape index (κ2) is 14.6. The van der Waals surface area contributed by atoms with Crippen molar-refractivity contribution in [1.82, 2.24) is 4.98 Å². The third kappa shape index (κ3) is 9.92. The quantitative estimate of drug-likeness (QED) is 0.0980. The molecule has 0 aliphatic carbocycles. The van der Waals surface area contributed by atoms with Crippen molar-refractivity contribution in [3.63, 3.8) is 0 Å². The van der Waals surface area contributed by atoms with Crippen molar-refractivity contribution in [2.75, 3.05) is 17.0 Å². The topological polar surface area (TPSA) is 126 Å². The van der Waals surface area contributed by atoms with Crippen LogP contribution < -0.4 is 19.9 Å². The Bertz CT molecular complexity index is 1650. The van der Waals surface area contributed by atoms with Crippen molar-refractivity contribution < 1.29 is 55.7 Å². The van der Waals surface area contributed by atoms with Gasteiger partial charge in [-0.3, -0.25) is 4.84 Å². The molecule has 1 amide bonds. The van der Waals surface area contributed by atoms with E-state index < -0.39 is 47.3 Å². The predicted octanol–water partition coefficient (Wildman–Crippen LogP) is 7.82. The summed E-state index contributed by atoms with van der Waals surface area (Å²) in [5.74, 6) is -5.09. The molecule has 1 N–H and O–H groups in total. The van der Waals surface area contributed by atoms with E-state index in [0.29, 0.717) is 0 Å². The number of benzene rings is 2. The van der Waals surface area contributed by atoms with Crippen molar-refractivity contribution in [3.05, 3.63) is 54.0 Å². The number of hydrogen-bond acceptors (Lipinski definition) is 10. The lowest BCUT2D eigenvalue weighted by Gasteiger charge is -2.31. The van der Waals surface area contributed by atoms with E-state index in [0.717, 1.165) is 5.06 Å². The molecule has 48 heavy (non-hydrogen) atoms. The van der Waals surface area contributed by atoms with Crippen molar-refractivity contribution in [2.24, 2.45) is 0 Å². The predicted molar refractivity (Wildman–Crippen MR) is 168 cm³/mol. The lowest BCUT2D eigenvalue weighted by atomic mass is 10.0. The minimum atomic E-state index is -5.47. The number of carbonyl (C=O) groups is 3. The van der Waals surface area contributed by atoms with E-state index >= 15 is 4.39 Å². The second-order valence-electron chi connectivity index (χ2n) is 12.7. The zero-order valence-corrected chi connectivity index (χ0v) is 28.1. The molecule has 15 heteroatoms. The van der Waals surface area contributed by atoms with Crippen LogP contribution in [0.2, 0.25) is 0 Å². The summed E-state index contributed by atoms with van der Waals surface area (Å²) in [4.78, 5) is 48.0. The fourth-order valence-electron chi connectivity index (χ4n) is 4.19. The first-order valence-electron chi connectivity index (χ1n) is 14.9. The van der Waals surface area contributed by atoms with E-state index in [2.05, 4.69) is 15.0 Å². The first-order valence-corrected chi connectivity index (χ1v) is 14.9. The Balaban J connectivity index is 2.15. The lowest BCUT2D eigenvalue weighted by Crippen LogP contribution is -2.42. The highest BCUT2D eigenvalue weighted by Gasteiger charge is 2.44. The van der Waals surface area contributed by atoms with Crippen molar-refractivity contribution in [2.45, 2.75) is 91.8 Å². The summed E-state index contributed by atoms with van der Waals surface area (Å²) in [6.07, 6.45) is -5.46. The van der Waals surface area contributed by atoms with Gasteiger partial charge in [0, 0.05) is 17.0 Å². The SMILES string of the molecule is CCOc1cc(C(Nc2ccc3c(N(OC(C)(C)C)C(=O)OC(C)(C)C)nccc3c2F)C(=O)OC(=O)C(F)(F)F)ccc1OC(C)C. The molecule has 1 heterocycles. The van der Waals surface area contributed by atoms with Crippen LogP contribution in [0.1, 0.15) is 73.9 Å². The van der Waals surface area contributed by atoms with E-state index in [4.69, 9.17) is 19.0 Å². The van der Waals surface area contributed by atoms with Crippen LogP contribution >= 0.6 is 0 Å². The van der Waals surface area contributed by atoms with Gasteiger partial charge in [0.1, 0.15) is 5.60 Å². The number of aromatic nitrogens is 1. The first kappa shape index (κ1) is 37.8. The number of hydrogen-bond donors (Lipinski definition) is 1. The van der Waals surface area contributed by atoms with Gasteiger partial charge in [0.25, 0.3) is 0 Å². The third-order valence-corrected chi connectivity index (χ3v) is 5.90. The number of amides is 1. The van der Waals surface area contributed by atoms with Gasteiger partial charge in [0.15, 0.2) is 29.2 Å². The minimum absolute atomic E-state index is 0.0286. The Morgan fingerprint density at radius 1 is 0.917 bits per heavy atom. The van der Waals surface area contributed by atoms with E-state index in [-0.39, 0.29) is 52.1 Å². The van der Waals surface area contributed by atoms with Gasteiger partial charge in [-0.05, 0) is 98.2 Å². The number of nitrogens with one attached hydrogen (secondary N) is 1. The van der Waals surface area contributed by atoms with E-state index in [1.807, 2.05) is 0 Å². The number of pyridine rings is 1. The maximum Gasteiger partial charge on any atom is 0.491 e. The van der Waals surface area contributed by atoms with Gasteiger partial charge in [-0.25, -0.2) is 23.8 Å². The first-order chi connectivity index (χ1) is 22.1. The fourth-order valence-corrected chi connectivity index (χ4v) is 4.19. The molecule has 1 aromatic heterocycles. The molecular formula is C33H39F4N3O8. The molecule has 3 aromatic rings. The molecule has 1 unspecified atom stereocenters. The summed E-state index contributed by atoms with van der Waals surface area (Å²) in [6, 6.07) is 6.06. The minimum Gasteiger partial charge on any atom is -0.490 e. The van der Waals surface area contributed by atoms with Crippen molar-refractivity contribution in [1.29, 1.82) is 0 Å². The molecule has 0 spiro atoms. The fraction of sp³-hybridized carbons (Fsp3) is 0.455. The van der Waals surface area contributed by atoms with Crippen LogP contribution in [0.4, 0.5) is 33.9 Å². The van der Waals surface area contributed by atoms with Crippen LogP contribution in [0.25, 0.3) is 10.8 Å². The van der Waals surface area contributed by atoms with Gasteiger partial charge in [-0.15, -0.1) is 5.06 Å². The molecule has 3 rings (SSSR count). The van der Waals surface area contributed by atoms with Gasteiger partial charge >= 0.3 is 24.2 Å². The lowest BCUT2D eigenvalue weighted by molar-refractivity contribution is -0.202. The molecule has 0 saturated heterocycles. The summed E-state index contributed by atoms with van der Waals surface area (Å²) in [5.41, 5.74) is -2.22. The number of alkyl halides is 3. The van der Waals surface area contributed by atoms with E-state index in [1.54, 1.807) is 62.3 Å². The number of ether oxygens (including phenoxy) is 4. The number of nitrogens with zero attached hydrogens (tertiary/aromatic N) is 2. The van der Waals surface area contributed by atoms with Gasteiger partial charge in [-0.1, -0.05) is 6.07 Å². The Labute approximate surface area is 275 Å². The van der Waals surface area contributed by atoms with Gasteiger partial charge in [-0.2, -0.15) is 13.2 Å². The number of carbonyl (C=O) groups excluding carboxylic acids is 3. The summed E-state index contributed by atoms with van der Waals surface area (Å²) in [6.45, 7) is 15.4. The van der Waals surface area contributed by atoms with E-state index in [9.17, 15) is 27.6 Å². The Morgan fingerprint density at radius 3 is 2.15 bits per heavy atom. The highest BCUT2D eigenvalue weighted by Crippen LogP contribution is 2.37.